The quantitative estimate of drug-likeness (QED) is 0.741. The highest BCUT2D eigenvalue weighted by atomic mass is 19.3. The molecule has 0 aliphatic rings. The van der Waals surface area contributed by atoms with Gasteiger partial charge in [-0.1, -0.05) is 0 Å². The van der Waals surface area contributed by atoms with Gasteiger partial charge >= 0.3 is 0 Å². The number of aromatic nitrogens is 1. The van der Waals surface area contributed by atoms with Crippen molar-refractivity contribution in [3.63, 3.8) is 0 Å². The van der Waals surface area contributed by atoms with E-state index < -0.39 is 34.8 Å². The van der Waals surface area contributed by atoms with E-state index >= 15 is 0 Å². The molecule has 0 saturated carbocycles. The normalized spacial score (nSPS) is 10.6. The van der Waals surface area contributed by atoms with E-state index in [2.05, 4.69) is 5.73 Å². The summed E-state index contributed by atoms with van der Waals surface area (Å²) in [7, 11) is 0. The zero-order valence-electron chi connectivity index (χ0n) is 6.68. The van der Waals surface area contributed by atoms with E-state index in [1.54, 1.807) is 4.98 Å². The zero-order chi connectivity index (χ0) is 10.9. The molecule has 1 heterocycles. The molecule has 1 rings (SSSR count). The monoisotopic (exact) mass is 206 g/mol. The number of carbonyl (C=O) groups is 1. The zero-order valence-corrected chi connectivity index (χ0v) is 6.68. The standard InChI is InChI=1S/C7H5F3N2O2/c8-4-3(6(11)13)2(5(9)10)1-12-7(4)14/h1,5H,(H2,11,13)(H,12,14). The number of nitrogens with two attached hydrogens (primary N) is 1. The van der Waals surface area contributed by atoms with Gasteiger partial charge in [-0.2, -0.15) is 4.39 Å². The highest BCUT2D eigenvalue weighted by Gasteiger charge is 2.22. The van der Waals surface area contributed by atoms with Crippen LogP contribution in [0.5, 0.6) is 0 Å². The number of primary amides is 1. The molecule has 0 saturated heterocycles. The van der Waals surface area contributed by atoms with E-state index in [-0.39, 0.29) is 0 Å². The van der Waals surface area contributed by atoms with Gasteiger partial charge in [0.05, 0.1) is 5.56 Å². The van der Waals surface area contributed by atoms with Crippen molar-refractivity contribution in [1.29, 1.82) is 0 Å². The number of H-pyrrole nitrogens is 1. The Morgan fingerprint density at radius 3 is 2.50 bits per heavy atom. The summed E-state index contributed by atoms with van der Waals surface area (Å²) in [5, 5.41) is 0. The maximum Gasteiger partial charge on any atom is 0.284 e. The predicted molar refractivity (Wildman–Crippen MR) is 40.5 cm³/mol. The fourth-order valence-electron chi connectivity index (χ4n) is 0.942. The molecule has 14 heavy (non-hydrogen) atoms. The van der Waals surface area contributed by atoms with Gasteiger partial charge in [0.2, 0.25) is 5.82 Å². The van der Waals surface area contributed by atoms with Crippen LogP contribution in [0.25, 0.3) is 0 Å². The Balaban J connectivity index is 3.54. The van der Waals surface area contributed by atoms with Crippen LogP contribution >= 0.6 is 0 Å². The topological polar surface area (TPSA) is 76.0 Å². The van der Waals surface area contributed by atoms with E-state index in [1.165, 1.54) is 0 Å². The summed E-state index contributed by atoms with van der Waals surface area (Å²) >= 11 is 0. The second-order valence-corrected chi connectivity index (χ2v) is 2.43. The lowest BCUT2D eigenvalue weighted by atomic mass is 10.1. The van der Waals surface area contributed by atoms with Crippen LogP contribution in [0.15, 0.2) is 11.0 Å². The number of aromatic amines is 1. The second-order valence-electron chi connectivity index (χ2n) is 2.43. The SMILES string of the molecule is NC(=O)c1c(C(F)F)c[nH]c(=O)c1F. The Morgan fingerprint density at radius 2 is 2.07 bits per heavy atom. The van der Waals surface area contributed by atoms with Crippen molar-refractivity contribution >= 4 is 5.91 Å². The van der Waals surface area contributed by atoms with Crippen molar-refractivity contribution in [3.8, 4) is 0 Å². The molecule has 1 aromatic rings. The van der Waals surface area contributed by atoms with E-state index in [0.29, 0.717) is 6.20 Å². The van der Waals surface area contributed by atoms with Gasteiger partial charge in [0.15, 0.2) is 0 Å². The van der Waals surface area contributed by atoms with Crippen LogP contribution in [0.2, 0.25) is 0 Å². The third kappa shape index (κ3) is 1.61. The lowest BCUT2D eigenvalue weighted by Crippen LogP contribution is -2.23. The largest absolute Gasteiger partial charge is 0.365 e. The van der Waals surface area contributed by atoms with Crippen LogP contribution in [0.4, 0.5) is 13.2 Å². The van der Waals surface area contributed by atoms with E-state index in [9.17, 15) is 22.8 Å². The molecular weight excluding hydrogens is 201 g/mol. The summed E-state index contributed by atoms with van der Waals surface area (Å²) in [5.74, 6) is -2.99. The summed E-state index contributed by atoms with van der Waals surface area (Å²) in [4.78, 5) is 23.0. The molecule has 7 heteroatoms. The lowest BCUT2D eigenvalue weighted by Gasteiger charge is -2.04. The molecule has 0 fully saturated rings. The number of nitrogens with one attached hydrogen (secondary N) is 1. The molecule has 0 radical (unpaired) electrons. The van der Waals surface area contributed by atoms with Gasteiger partial charge < -0.3 is 10.7 Å². The van der Waals surface area contributed by atoms with Crippen molar-refractivity contribution in [3.05, 3.63) is 33.5 Å². The Hall–Kier alpha value is -1.79. The molecule has 0 unspecified atom stereocenters. The maximum absolute atomic E-state index is 12.9. The first-order valence-electron chi connectivity index (χ1n) is 3.44. The van der Waals surface area contributed by atoms with Crippen LogP contribution < -0.4 is 11.3 Å². The summed E-state index contributed by atoms with van der Waals surface area (Å²) < 4.78 is 37.3. The van der Waals surface area contributed by atoms with Gasteiger partial charge in [-0.15, -0.1) is 0 Å². The molecular formula is C7H5F3N2O2. The number of carbonyl (C=O) groups excluding carboxylic acids is 1. The molecule has 1 amide bonds. The van der Waals surface area contributed by atoms with Crippen molar-refractivity contribution in [2.45, 2.75) is 6.43 Å². The first kappa shape index (κ1) is 10.3. The van der Waals surface area contributed by atoms with Crippen molar-refractivity contribution in [2.75, 3.05) is 0 Å². The predicted octanol–water partition coefficient (Wildman–Crippen LogP) is 0.550. The second kappa shape index (κ2) is 3.52. The van der Waals surface area contributed by atoms with Crippen LogP contribution in [0.1, 0.15) is 22.3 Å². The number of amides is 1. The van der Waals surface area contributed by atoms with E-state index in [1.807, 2.05) is 0 Å². The maximum atomic E-state index is 12.9. The van der Waals surface area contributed by atoms with Crippen LogP contribution in [0, 0.1) is 5.82 Å². The average molecular weight is 206 g/mol. The molecule has 0 aromatic carbocycles. The first-order valence-corrected chi connectivity index (χ1v) is 3.44. The smallest absolute Gasteiger partial charge is 0.284 e. The van der Waals surface area contributed by atoms with E-state index in [0.717, 1.165) is 0 Å². The summed E-state index contributed by atoms with van der Waals surface area (Å²) in [6.45, 7) is 0. The minimum Gasteiger partial charge on any atom is -0.365 e. The van der Waals surface area contributed by atoms with Gasteiger partial charge in [-0.3, -0.25) is 9.59 Å². The minimum atomic E-state index is -3.08. The summed E-state index contributed by atoms with van der Waals surface area (Å²) in [5.41, 5.74) is 1.41. The molecule has 0 spiro atoms. The summed E-state index contributed by atoms with van der Waals surface area (Å²) in [6, 6.07) is 0. The van der Waals surface area contributed by atoms with Gasteiger partial charge in [-0.05, 0) is 0 Å². The van der Waals surface area contributed by atoms with Crippen molar-refractivity contribution in [1.82, 2.24) is 4.98 Å². The number of hydrogen-bond donors (Lipinski definition) is 2. The van der Waals surface area contributed by atoms with E-state index in [4.69, 9.17) is 0 Å². The van der Waals surface area contributed by atoms with Gasteiger partial charge in [0, 0.05) is 11.8 Å². The average Bonchev–Trinajstić information content (AvgIpc) is 2.08. The third-order valence-electron chi connectivity index (χ3n) is 1.55. The Kier molecular flexibility index (Phi) is 2.59. The minimum absolute atomic E-state index is 0.566. The number of rotatable bonds is 2. The van der Waals surface area contributed by atoms with Crippen LogP contribution in [-0.4, -0.2) is 10.9 Å². The van der Waals surface area contributed by atoms with Crippen molar-refractivity contribution < 1.29 is 18.0 Å². The molecule has 1 aromatic heterocycles. The molecule has 4 nitrogen and oxygen atoms in total. The number of pyridine rings is 1. The number of halogens is 3. The van der Waals surface area contributed by atoms with Crippen LogP contribution in [0.3, 0.4) is 0 Å². The Bertz CT molecular complexity index is 427. The number of alkyl halides is 2. The first-order chi connectivity index (χ1) is 6.45. The van der Waals surface area contributed by atoms with Gasteiger partial charge in [-0.25, -0.2) is 8.78 Å². The molecule has 0 atom stereocenters. The number of hydrogen-bond acceptors (Lipinski definition) is 2. The summed E-state index contributed by atoms with van der Waals surface area (Å²) in [6.07, 6.45) is -2.51. The van der Waals surface area contributed by atoms with Crippen molar-refractivity contribution in [2.24, 2.45) is 5.73 Å². The molecule has 0 bridgehead atoms. The fourth-order valence-corrected chi connectivity index (χ4v) is 0.942. The molecule has 3 N–H and O–H groups in total. The van der Waals surface area contributed by atoms with Gasteiger partial charge in [0.1, 0.15) is 0 Å². The van der Waals surface area contributed by atoms with Crippen LogP contribution in [-0.2, 0) is 0 Å². The highest BCUT2D eigenvalue weighted by molar-refractivity contribution is 5.94. The Morgan fingerprint density at radius 1 is 1.50 bits per heavy atom. The highest BCUT2D eigenvalue weighted by Crippen LogP contribution is 2.21. The molecule has 0 aliphatic heterocycles. The molecule has 76 valence electrons. The lowest BCUT2D eigenvalue weighted by molar-refractivity contribution is 0.0980. The molecule has 0 aliphatic carbocycles. The fraction of sp³-hybridized carbons (Fsp3) is 0.143. The Labute approximate surface area is 75.5 Å². The van der Waals surface area contributed by atoms with Gasteiger partial charge in [0.25, 0.3) is 17.9 Å². The third-order valence-corrected chi connectivity index (χ3v) is 1.55.